The number of ether oxygens (including phenoxy) is 2. The molecule has 0 aliphatic heterocycles. The van der Waals surface area contributed by atoms with Crippen molar-refractivity contribution in [1.29, 1.82) is 0 Å². The first-order valence-corrected chi connectivity index (χ1v) is 13.1. The van der Waals surface area contributed by atoms with Gasteiger partial charge in [0.25, 0.3) is 23.2 Å². The van der Waals surface area contributed by atoms with Crippen LogP contribution in [0.15, 0.2) is 58.7 Å². The fraction of sp³-hybridized carbons (Fsp3) is 0.231. The first-order chi connectivity index (χ1) is 19.7. The molecule has 3 aromatic rings. The molecule has 1 heterocycles. The van der Waals surface area contributed by atoms with Crippen LogP contribution in [-0.2, 0) is 0 Å². The number of nitrogens with one attached hydrogen (secondary N) is 2. The third-order valence-electron chi connectivity index (χ3n) is 5.10. The molecule has 41 heavy (non-hydrogen) atoms. The van der Waals surface area contributed by atoms with E-state index in [4.69, 9.17) is 9.47 Å². The van der Waals surface area contributed by atoms with Crippen molar-refractivity contribution in [2.24, 2.45) is 10.2 Å². The summed E-state index contributed by atoms with van der Waals surface area (Å²) in [6.45, 7) is 4.28. The minimum Gasteiger partial charge on any atom is -0.488 e. The Morgan fingerprint density at radius 1 is 0.756 bits per heavy atom. The lowest BCUT2D eigenvalue weighted by Gasteiger charge is -2.10. The van der Waals surface area contributed by atoms with E-state index < -0.39 is 21.7 Å². The van der Waals surface area contributed by atoms with Gasteiger partial charge in [-0.3, -0.25) is 29.8 Å². The number of nitro benzene ring substituents is 2. The van der Waals surface area contributed by atoms with Crippen molar-refractivity contribution in [3.63, 3.8) is 0 Å². The lowest BCUT2D eigenvalue weighted by molar-refractivity contribution is -0.385. The second-order valence-corrected chi connectivity index (χ2v) is 9.23. The van der Waals surface area contributed by atoms with Crippen LogP contribution in [-0.4, -0.2) is 47.3 Å². The summed E-state index contributed by atoms with van der Waals surface area (Å²) in [5, 5.41) is 29.4. The molecule has 1 aromatic heterocycles. The van der Waals surface area contributed by atoms with Crippen molar-refractivity contribution in [3.05, 3.63) is 89.6 Å². The summed E-state index contributed by atoms with van der Waals surface area (Å²) in [4.78, 5) is 46.8. The maximum Gasteiger partial charge on any atom is 0.285 e. The van der Waals surface area contributed by atoms with Gasteiger partial charge in [0.15, 0.2) is 11.5 Å². The topological polar surface area (TPSA) is 188 Å². The monoisotopic (exact) mass is 582 g/mol. The average Bonchev–Trinajstić information content (AvgIpc) is 3.33. The Labute approximate surface area is 238 Å². The van der Waals surface area contributed by atoms with E-state index in [1.54, 1.807) is 0 Å². The van der Waals surface area contributed by atoms with Crippen molar-refractivity contribution in [2.45, 2.75) is 26.7 Å². The smallest absolute Gasteiger partial charge is 0.285 e. The molecule has 2 N–H and O–H groups in total. The molecule has 14 nitrogen and oxygen atoms in total. The van der Waals surface area contributed by atoms with Crippen LogP contribution in [0.1, 0.15) is 57.2 Å². The molecule has 0 saturated carbocycles. The highest BCUT2D eigenvalue weighted by Gasteiger charge is 2.29. The van der Waals surface area contributed by atoms with Gasteiger partial charge < -0.3 is 9.47 Å². The van der Waals surface area contributed by atoms with Gasteiger partial charge in [-0.15, -0.1) is 11.3 Å². The molecule has 214 valence electrons. The van der Waals surface area contributed by atoms with Gasteiger partial charge >= 0.3 is 0 Å². The standard InChI is InChI=1S/C26H26N6O8S/c1-3-13-39-21-22(40-14-4-2)24(26(34)30-28-16-18-7-11-20(12-8-18)32(37)38)41-23(21)25(33)29-27-15-17-5-9-19(10-6-17)31(35)36/h5-12,15-16H,3-4,13-14H2,1-2H3,(H,29,33)(H,30,34)/b27-15-,28-16-. The van der Waals surface area contributed by atoms with Gasteiger partial charge in [-0.2, -0.15) is 10.2 Å². The predicted octanol–water partition coefficient (Wildman–Crippen LogP) is 4.67. The molecule has 3 rings (SSSR count). The Balaban J connectivity index is 1.82. The summed E-state index contributed by atoms with van der Waals surface area (Å²) in [7, 11) is 0. The van der Waals surface area contributed by atoms with Crippen LogP contribution in [0.3, 0.4) is 0 Å². The number of hydrogen-bond donors (Lipinski definition) is 2. The molecule has 2 amide bonds. The highest BCUT2D eigenvalue weighted by Crippen LogP contribution is 2.42. The number of carbonyl (C=O) groups excluding carboxylic acids is 2. The Morgan fingerprint density at radius 3 is 1.44 bits per heavy atom. The van der Waals surface area contributed by atoms with Gasteiger partial charge in [-0.1, -0.05) is 13.8 Å². The molecule has 0 aliphatic rings. The fourth-order valence-electron chi connectivity index (χ4n) is 3.17. The molecule has 0 bridgehead atoms. The van der Waals surface area contributed by atoms with Crippen molar-refractivity contribution in [1.82, 2.24) is 10.9 Å². The molecule has 15 heteroatoms. The molecule has 0 atom stereocenters. The van der Waals surface area contributed by atoms with E-state index in [0.717, 1.165) is 11.3 Å². The minimum atomic E-state index is -0.658. The summed E-state index contributed by atoms with van der Waals surface area (Å²) in [6.07, 6.45) is 3.89. The number of hydrogen-bond acceptors (Lipinski definition) is 11. The number of nitrogens with zero attached hydrogens (tertiary/aromatic N) is 4. The zero-order chi connectivity index (χ0) is 29.8. The maximum absolute atomic E-state index is 13.1. The summed E-state index contributed by atoms with van der Waals surface area (Å²) in [6, 6.07) is 11.2. The molecule has 0 saturated heterocycles. The Morgan fingerprint density at radius 2 is 1.12 bits per heavy atom. The van der Waals surface area contributed by atoms with Gasteiger partial charge in [0.1, 0.15) is 9.75 Å². The molecule has 2 aromatic carbocycles. The maximum atomic E-state index is 13.1. The van der Waals surface area contributed by atoms with E-state index >= 15 is 0 Å². The quantitative estimate of drug-likeness (QED) is 0.156. The summed E-state index contributed by atoms with van der Waals surface area (Å²) < 4.78 is 11.6. The first kappa shape index (κ1) is 30.4. The molecular formula is C26H26N6O8S. The van der Waals surface area contributed by atoms with Gasteiger partial charge in [0.2, 0.25) is 0 Å². The van der Waals surface area contributed by atoms with Crippen LogP contribution >= 0.6 is 11.3 Å². The zero-order valence-corrected chi connectivity index (χ0v) is 22.9. The van der Waals surface area contributed by atoms with Crippen molar-refractivity contribution in [2.75, 3.05) is 13.2 Å². The molecule has 0 unspecified atom stereocenters. The molecule has 0 fully saturated rings. The Bertz CT molecular complexity index is 1340. The molecule has 0 spiro atoms. The number of nitro groups is 2. The molecule has 0 aliphatic carbocycles. The van der Waals surface area contributed by atoms with Crippen LogP contribution in [0.25, 0.3) is 0 Å². The molecular weight excluding hydrogens is 556 g/mol. The van der Waals surface area contributed by atoms with Crippen molar-refractivity contribution in [3.8, 4) is 11.5 Å². The van der Waals surface area contributed by atoms with E-state index in [9.17, 15) is 29.8 Å². The SMILES string of the molecule is CCCOc1c(C(=O)N/N=C\c2ccc([N+](=O)[O-])cc2)sc(C(=O)N/N=C\c2ccc([N+](=O)[O-])cc2)c1OCCC. The predicted molar refractivity (Wildman–Crippen MR) is 152 cm³/mol. The van der Waals surface area contributed by atoms with E-state index in [1.807, 2.05) is 13.8 Å². The van der Waals surface area contributed by atoms with Crippen LogP contribution in [0.5, 0.6) is 11.5 Å². The van der Waals surface area contributed by atoms with Crippen molar-refractivity contribution < 1.29 is 28.9 Å². The molecule has 0 radical (unpaired) electrons. The number of non-ortho nitro benzene ring substituents is 2. The third-order valence-corrected chi connectivity index (χ3v) is 6.25. The number of carbonyl (C=O) groups is 2. The zero-order valence-electron chi connectivity index (χ0n) is 22.1. The normalized spacial score (nSPS) is 11.0. The average molecular weight is 583 g/mol. The largest absolute Gasteiger partial charge is 0.488 e. The van der Waals surface area contributed by atoms with E-state index in [-0.39, 0.29) is 45.8 Å². The minimum absolute atomic E-state index is 0.0508. The summed E-state index contributed by atoms with van der Waals surface area (Å²) in [5.74, 6) is -1.13. The number of thiophene rings is 1. The second-order valence-electron chi connectivity index (χ2n) is 8.21. The van der Waals surface area contributed by atoms with Crippen LogP contribution < -0.4 is 20.3 Å². The Hall–Kier alpha value is -5.18. The van der Waals surface area contributed by atoms with Crippen LogP contribution in [0.4, 0.5) is 11.4 Å². The van der Waals surface area contributed by atoms with Gasteiger partial charge in [0.05, 0.1) is 35.5 Å². The van der Waals surface area contributed by atoms with E-state index in [1.165, 1.54) is 61.0 Å². The van der Waals surface area contributed by atoms with Gasteiger partial charge in [0, 0.05) is 24.3 Å². The van der Waals surface area contributed by atoms with Gasteiger partial charge in [-0.25, -0.2) is 10.9 Å². The highest BCUT2D eigenvalue weighted by molar-refractivity contribution is 7.16. The van der Waals surface area contributed by atoms with E-state index in [0.29, 0.717) is 24.0 Å². The number of benzene rings is 2. The van der Waals surface area contributed by atoms with Gasteiger partial charge in [-0.05, 0) is 48.2 Å². The van der Waals surface area contributed by atoms with Crippen LogP contribution in [0.2, 0.25) is 0 Å². The lowest BCUT2D eigenvalue weighted by Crippen LogP contribution is -2.17. The first-order valence-electron chi connectivity index (χ1n) is 12.3. The number of rotatable bonds is 14. The fourth-order valence-corrected chi connectivity index (χ4v) is 4.14. The third kappa shape index (κ3) is 8.40. The van der Waals surface area contributed by atoms with E-state index in [2.05, 4.69) is 21.1 Å². The lowest BCUT2D eigenvalue weighted by atomic mass is 10.2. The summed E-state index contributed by atoms with van der Waals surface area (Å²) >= 11 is 0.834. The van der Waals surface area contributed by atoms with Crippen LogP contribution in [0, 0.1) is 20.2 Å². The number of hydrazone groups is 2. The summed E-state index contributed by atoms with van der Waals surface area (Å²) in [5.41, 5.74) is 5.63. The number of amides is 2. The van der Waals surface area contributed by atoms with Crippen molar-refractivity contribution >= 4 is 47.0 Å². The second kappa shape index (κ2) is 14.8. The Kier molecular flexibility index (Phi) is 11.0. The highest BCUT2D eigenvalue weighted by atomic mass is 32.1.